The molecule has 0 saturated heterocycles. The smallest absolute Gasteiger partial charge is 0.0381 e. The highest BCUT2D eigenvalue weighted by atomic mass is 79.9. The molecule has 0 saturated carbocycles. The summed E-state index contributed by atoms with van der Waals surface area (Å²) in [5.74, 6) is 0. The van der Waals surface area contributed by atoms with E-state index in [1.54, 1.807) is 0 Å². The van der Waals surface area contributed by atoms with E-state index < -0.39 is 0 Å². The first-order valence-corrected chi connectivity index (χ1v) is 7.40. The van der Waals surface area contributed by atoms with Crippen molar-refractivity contribution in [1.82, 2.24) is 0 Å². The highest BCUT2D eigenvalue weighted by molar-refractivity contribution is 9.10. The van der Waals surface area contributed by atoms with Crippen LogP contribution in [0.3, 0.4) is 0 Å². The summed E-state index contributed by atoms with van der Waals surface area (Å²) in [5, 5.41) is 0. The first-order valence-electron chi connectivity index (χ1n) is 6.61. The minimum atomic E-state index is -0.188. The second kappa shape index (κ2) is 7.17. The second-order valence-corrected chi connectivity index (χ2v) is 6.00. The van der Waals surface area contributed by atoms with E-state index in [0.29, 0.717) is 0 Å². The van der Waals surface area contributed by atoms with Gasteiger partial charge < -0.3 is 5.73 Å². The van der Waals surface area contributed by atoms with Gasteiger partial charge in [-0.05, 0) is 31.0 Å². The largest absolute Gasteiger partial charge is 0.322 e. The highest BCUT2D eigenvalue weighted by Crippen LogP contribution is 2.25. The fourth-order valence-corrected chi connectivity index (χ4v) is 2.34. The van der Waals surface area contributed by atoms with Crippen LogP contribution in [0.2, 0.25) is 0 Å². The maximum absolute atomic E-state index is 6.39. The number of unbranched alkanes of at least 4 members (excludes halogenated alkanes) is 4. The maximum Gasteiger partial charge on any atom is 0.0381 e. The molecule has 0 spiro atoms. The molecule has 1 rings (SSSR count). The van der Waals surface area contributed by atoms with Gasteiger partial charge in [0.25, 0.3) is 0 Å². The van der Waals surface area contributed by atoms with E-state index in [9.17, 15) is 0 Å². The van der Waals surface area contributed by atoms with E-state index in [1.165, 1.54) is 37.7 Å². The van der Waals surface area contributed by atoms with Crippen LogP contribution in [-0.4, -0.2) is 0 Å². The Kier molecular flexibility index (Phi) is 6.21. The van der Waals surface area contributed by atoms with Crippen molar-refractivity contribution in [3.8, 4) is 0 Å². The average molecular weight is 298 g/mol. The zero-order chi connectivity index (χ0) is 12.7. The van der Waals surface area contributed by atoms with Crippen molar-refractivity contribution in [1.29, 1.82) is 0 Å². The van der Waals surface area contributed by atoms with Gasteiger partial charge in [0.2, 0.25) is 0 Å². The Morgan fingerprint density at radius 1 is 1.06 bits per heavy atom. The summed E-state index contributed by atoms with van der Waals surface area (Å²) >= 11 is 3.45. The summed E-state index contributed by atoms with van der Waals surface area (Å²) in [4.78, 5) is 0. The molecule has 0 aliphatic rings. The summed E-state index contributed by atoms with van der Waals surface area (Å²) in [6.07, 6.45) is 7.58. The molecular formula is C15H24BrN. The van der Waals surface area contributed by atoms with E-state index in [2.05, 4.69) is 54.0 Å². The fourth-order valence-electron chi connectivity index (χ4n) is 2.07. The molecule has 0 fully saturated rings. The van der Waals surface area contributed by atoms with E-state index in [0.717, 1.165) is 10.9 Å². The summed E-state index contributed by atoms with van der Waals surface area (Å²) in [6.45, 7) is 4.38. The lowest BCUT2D eigenvalue weighted by Gasteiger charge is -2.25. The SMILES string of the molecule is CCCCCCCC(C)(N)c1ccc(Br)cc1. The van der Waals surface area contributed by atoms with Crippen LogP contribution in [0.4, 0.5) is 0 Å². The third-order valence-corrected chi connectivity index (χ3v) is 3.83. The number of benzene rings is 1. The molecule has 0 aromatic heterocycles. The lowest BCUT2D eigenvalue weighted by Crippen LogP contribution is -2.32. The molecule has 0 amide bonds. The Balaban J connectivity index is 2.42. The zero-order valence-electron chi connectivity index (χ0n) is 11.0. The Morgan fingerprint density at radius 2 is 1.65 bits per heavy atom. The summed E-state index contributed by atoms with van der Waals surface area (Å²) < 4.78 is 1.11. The lowest BCUT2D eigenvalue weighted by molar-refractivity contribution is 0.422. The number of rotatable bonds is 7. The quantitative estimate of drug-likeness (QED) is 0.706. The molecular weight excluding hydrogens is 274 g/mol. The van der Waals surface area contributed by atoms with Crippen molar-refractivity contribution in [3.05, 3.63) is 34.3 Å². The number of nitrogens with two attached hydrogens (primary N) is 1. The molecule has 1 unspecified atom stereocenters. The normalized spacial score (nSPS) is 14.6. The predicted octanol–water partition coefficient (Wildman–Crippen LogP) is 4.98. The molecule has 2 N–H and O–H groups in total. The van der Waals surface area contributed by atoms with Gasteiger partial charge in [-0.1, -0.05) is 67.1 Å². The lowest BCUT2D eigenvalue weighted by atomic mass is 9.87. The van der Waals surface area contributed by atoms with Crippen LogP contribution < -0.4 is 5.73 Å². The standard InChI is InChI=1S/C15H24BrN/c1-3-4-5-6-7-12-15(2,17)13-8-10-14(16)11-9-13/h8-11H,3-7,12,17H2,1-2H3. The molecule has 1 atom stereocenters. The number of hydrogen-bond donors (Lipinski definition) is 1. The van der Waals surface area contributed by atoms with Crippen LogP contribution in [0, 0.1) is 0 Å². The van der Waals surface area contributed by atoms with E-state index in [4.69, 9.17) is 5.73 Å². The van der Waals surface area contributed by atoms with E-state index >= 15 is 0 Å². The van der Waals surface area contributed by atoms with Gasteiger partial charge >= 0.3 is 0 Å². The van der Waals surface area contributed by atoms with Gasteiger partial charge in [0.05, 0.1) is 0 Å². The Hall–Kier alpha value is -0.340. The summed E-state index contributed by atoms with van der Waals surface area (Å²) in [6, 6.07) is 8.38. The van der Waals surface area contributed by atoms with Crippen LogP contribution in [0.25, 0.3) is 0 Å². The highest BCUT2D eigenvalue weighted by Gasteiger charge is 2.19. The molecule has 96 valence electrons. The molecule has 2 heteroatoms. The summed E-state index contributed by atoms with van der Waals surface area (Å²) in [7, 11) is 0. The molecule has 1 nitrogen and oxygen atoms in total. The van der Waals surface area contributed by atoms with Crippen molar-refractivity contribution >= 4 is 15.9 Å². The van der Waals surface area contributed by atoms with Crippen molar-refractivity contribution < 1.29 is 0 Å². The average Bonchev–Trinajstić information content (AvgIpc) is 2.29. The van der Waals surface area contributed by atoms with Gasteiger partial charge in [0.1, 0.15) is 0 Å². The number of halogens is 1. The maximum atomic E-state index is 6.39. The monoisotopic (exact) mass is 297 g/mol. The van der Waals surface area contributed by atoms with Crippen LogP contribution in [0.1, 0.15) is 57.9 Å². The van der Waals surface area contributed by atoms with Gasteiger partial charge in [-0.25, -0.2) is 0 Å². The minimum Gasteiger partial charge on any atom is -0.322 e. The third kappa shape index (κ3) is 5.22. The van der Waals surface area contributed by atoms with Gasteiger partial charge in [-0.2, -0.15) is 0 Å². The van der Waals surface area contributed by atoms with Gasteiger partial charge in [0.15, 0.2) is 0 Å². The van der Waals surface area contributed by atoms with Gasteiger partial charge in [0, 0.05) is 10.0 Å². The van der Waals surface area contributed by atoms with Crippen molar-refractivity contribution in [3.63, 3.8) is 0 Å². The van der Waals surface area contributed by atoms with Gasteiger partial charge in [-0.15, -0.1) is 0 Å². The minimum absolute atomic E-state index is 0.188. The van der Waals surface area contributed by atoms with Crippen LogP contribution >= 0.6 is 15.9 Å². The number of hydrogen-bond acceptors (Lipinski definition) is 1. The molecule has 17 heavy (non-hydrogen) atoms. The van der Waals surface area contributed by atoms with Gasteiger partial charge in [-0.3, -0.25) is 0 Å². The Bertz CT molecular complexity index is 316. The molecule has 0 heterocycles. The summed E-state index contributed by atoms with van der Waals surface area (Å²) in [5.41, 5.74) is 7.43. The molecule has 1 aromatic rings. The topological polar surface area (TPSA) is 26.0 Å². The van der Waals surface area contributed by atoms with E-state index in [-0.39, 0.29) is 5.54 Å². The molecule has 0 aliphatic carbocycles. The predicted molar refractivity (Wildman–Crippen MR) is 79.1 cm³/mol. The zero-order valence-corrected chi connectivity index (χ0v) is 12.6. The molecule has 1 aromatic carbocycles. The molecule has 0 bridgehead atoms. The van der Waals surface area contributed by atoms with Crippen molar-refractivity contribution in [2.45, 2.75) is 57.9 Å². The van der Waals surface area contributed by atoms with Crippen molar-refractivity contribution in [2.24, 2.45) is 5.73 Å². The first-order chi connectivity index (χ1) is 8.06. The van der Waals surface area contributed by atoms with Crippen LogP contribution in [0.5, 0.6) is 0 Å². The fraction of sp³-hybridized carbons (Fsp3) is 0.600. The Labute approximate surface area is 114 Å². The molecule has 0 radical (unpaired) electrons. The van der Waals surface area contributed by atoms with Crippen LogP contribution in [0.15, 0.2) is 28.7 Å². The Morgan fingerprint density at radius 3 is 2.24 bits per heavy atom. The van der Waals surface area contributed by atoms with Crippen molar-refractivity contribution in [2.75, 3.05) is 0 Å². The first kappa shape index (κ1) is 14.7. The molecule has 0 aliphatic heterocycles. The second-order valence-electron chi connectivity index (χ2n) is 5.09. The van der Waals surface area contributed by atoms with Crippen LogP contribution in [-0.2, 0) is 5.54 Å². The third-order valence-electron chi connectivity index (χ3n) is 3.30. The van der Waals surface area contributed by atoms with E-state index in [1.807, 2.05) is 0 Å².